The quantitative estimate of drug-likeness (QED) is 0.816. The molecule has 3 nitrogen and oxygen atoms in total. The van der Waals surface area contributed by atoms with Crippen LogP contribution in [0.15, 0.2) is 42.5 Å². The summed E-state index contributed by atoms with van der Waals surface area (Å²) in [5.74, 6) is -0.649. The number of hydrogen-bond acceptors (Lipinski definition) is 2. The molecule has 2 aromatic rings. The second kappa shape index (κ2) is 9.15. The van der Waals surface area contributed by atoms with E-state index >= 15 is 0 Å². The molecule has 1 fully saturated rings. The normalized spacial score (nSPS) is 15.0. The van der Waals surface area contributed by atoms with Crippen LogP contribution in [0.4, 0.5) is 4.39 Å². The summed E-state index contributed by atoms with van der Waals surface area (Å²) in [5.41, 5.74) is 2.68. The number of carbonyl (C=O) groups is 1. The van der Waals surface area contributed by atoms with Crippen LogP contribution in [0, 0.1) is 5.82 Å². The third kappa shape index (κ3) is 5.55. The zero-order valence-electron chi connectivity index (χ0n) is 14.8. The zero-order valence-corrected chi connectivity index (χ0v) is 15.6. The SMILES string of the molecule is O=C(Cc1ccc(Cl)cc1F)NCc1cccc(CN2CCCCC2)c1. The largest absolute Gasteiger partial charge is 0.352 e. The van der Waals surface area contributed by atoms with Gasteiger partial charge in [0.2, 0.25) is 5.91 Å². The maximum atomic E-state index is 13.8. The fourth-order valence-electron chi connectivity index (χ4n) is 3.31. The first kappa shape index (κ1) is 18.9. The number of nitrogens with one attached hydrogen (secondary N) is 1. The molecular weight excluding hydrogens is 351 g/mol. The molecule has 1 N–H and O–H groups in total. The molecule has 0 aliphatic carbocycles. The van der Waals surface area contributed by atoms with Crippen molar-refractivity contribution in [3.8, 4) is 0 Å². The Morgan fingerprint density at radius 3 is 2.62 bits per heavy atom. The molecule has 0 radical (unpaired) electrons. The first-order valence-corrected chi connectivity index (χ1v) is 9.49. The number of benzene rings is 2. The summed E-state index contributed by atoms with van der Waals surface area (Å²) < 4.78 is 13.8. The zero-order chi connectivity index (χ0) is 18.4. The summed E-state index contributed by atoms with van der Waals surface area (Å²) in [6.07, 6.45) is 3.89. The Morgan fingerprint density at radius 2 is 1.85 bits per heavy atom. The van der Waals surface area contributed by atoms with Crippen molar-refractivity contribution in [2.45, 2.75) is 38.8 Å². The highest BCUT2D eigenvalue weighted by atomic mass is 35.5. The van der Waals surface area contributed by atoms with Crippen molar-refractivity contribution in [2.75, 3.05) is 13.1 Å². The Hall–Kier alpha value is -1.91. The van der Waals surface area contributed by atoms with Gasteiger partial charge >= 0.3 is 0 Å². The Kier molecular flexibility index (Phi) is 6.64. The summed E-state index contributed by atoms with van der Waals surface area (Å²) in [5, 5.41) is 3.20. The lowest BCUT2D eigenvalue weighted by atomic mass is 10.1. The second-order valence-corrected chi connectivity index (χ2v) is 7.28. The van der Waals surface area contributed by atoms with Gasteiger partial charge in [-0.3, -0.25) is 9.69 Å². The van der Waals surface area contributed by atoms with Crippen molar-refractivity contribution >= 4 is 17.5 Å². The van der Waals surface area contributed by atoms with Gasteiger partial charge in [0.1, 0.15) is 5.82 Å². The van der Waals surface area contributed by atoms with Crippen molar-refractivity contribution < 1.29 is 9.18 Å². The molecule has 5 heteroatoms. The van der Waals surface area contributed by atoms with Gasteiger partial charge in [0.05, 0.1) is 6.42 Å². The van der Waals surface area contributed by atoms with Crippen LogP contribution in [-0.2, 0) is 24.3 Å². The molecule has 1 aliphatic heterocycles. The lowest BCUT2D eigenvalue weighted by Crippen LogP contribution is -2.29. The summed E-state index contributed by atoms with van der Waals surface area (Å²) in [4.78, 5) is 14.6. The molecule has 0 spiro atoms. The smallest absolute Gasteiger partial charge is 0.224 e. The maximum Gasteiger partial charge on any atom is 0.224 e. The number of rotatable bonds is 6. The van der Waals surface area contributed by atoms with Crippen LogP contribution in [0.1, 0.15) is 36.0 Å². The topological polar surface area (TPSA) is 32.3 Å². The minimum absolute atomic E-state index is 0.0104. The van der Waals surface area contributed by atoms with Crippen LogP contribution in [0.2, 0.25) is 5.02 Å². The molecule has 1 aliphatic rings. The number of halogens is 2. The molecule has 1 amide bonds. The Bertz CT molecular complexity index is 759. The molecule has 26 heavy (non-hydrogen) atoms. The fraction of sp³-hybridized carbons (Fsp3) is 0.381. The maximum absolute atomic E-state index is 13.8. The minimum Gasteiger partial charge on any atom is -0.352 e. The van der Waals surface area contributed by atoms with Gasteiger partial charge in [-0.1, -0.05) is 48.4 Å². The van der Waals surface area contributed by atoms with Crippen molar-refractivity contribution in [1.82, 2.24) is 10.2 Å². The lowest BCUT2D eigenvalue weighted by molar-refractivity contribution is -0.120. The van der Waals surface area contributed by atoms with Gasteiger partial charge in [-0.15, -0.1) is 0 Å². The monoisotopic (exact) mass is 374 g/mol. The first-order chi connectivity index (χ1) is 12.6. The minimum atomic E-state index is -0.448. The number of amides is 1. The number of piperidine rings is 1. The molecular formula is C21H24ClFN2O. The molecule has 0 aromatic heterocycles. The molecule has 0 saturated carbocycles. The Morgan fingerprint density at radius 1 is 1.08 bits per heavy atom. The standard InChI is InChI=1S/C21H24ClFN2O/c22-19-8-7-18(20(23)13-19)12-21(26)24-14-16-5-4-6-17(11-16)15-25-9-2-1-3-10-25/h4-8,11,13H,1-3,9-10,12,14-15H2,(H,24,26). The van der Waals surface area contributed by atoms with Gasteiger partial charge in [-0.25, -0.2) is 4.39 Å². The van der Waals surface area contributed by atoms with E-state index in [-0.39, 0.29) is 12.3 Å². The number of nitrogens with zero attached hydrogens (tertiary/aromatic N) is 1. The highest BCUT2D eigenvalue weighted by molar-refractivity contribution is 6.30. The van der Waals surface area contributed by atoms with E-state index < -0.39 is 5.82 Å². The fourth-order valence-corrected chi connectivity index (χ4v) is 3.47. The number of likely N-dealkylation sites (tertiary alicyclic amines) is 1. The van der Waals surface area contributed by atoms with Crippen LogP contribution >= 0.6 is 11.6 Å². The van der Waals surface area contributed by atoms with E-state index in [9.17, 15) is 9.18 Å². The molecule has 2 aromatic carbocycles. The molecule has 138 valence electrons. The molecule has 0 bridgehead atoms. The van der Waals surface area contributed by atoms with Crippen LogP contribution in [0.5, 0.6) is 0 Å². The summed E-state index contributed by atoms with van der Waals surface area (Å²) >= 11 is 5.74. The highest BCUT2D eigenvalue weighted by Crippen LogP contribution is 2.16. The van der Waals surface area contributed by atoms with Crippen molar-refractivity contribution in [3.05, 3.63) is 70.0 Å². The van der Waals surface area contributed by atoms with Gasteiger partial charge in [0, 0.05) is 18.1 Å². The average Bonchev–Trinajstić information content (AvgIpc) is 2.64. The number of carbonyl (C=O) groups excluding carboxylic acids is 1. The second-order valence-electron chi connectivity index (χ2n) is 6.85. The van der Waals surface area contributed by atoms with E-state index in [0.29, 0.717) is 17.1 Å². The molecule has 3 rings (SSSR count). The molecule has 0 unspecified atom stereocenters. The Balaban J connectivity index is 1.52. The van der Waals surface area contributed by atoms with E-state index in [4.69, 9.17) is 11.6 Å². The van der Waals surface area contributed by atoms with Crippen LogP contribution in [-0.4, -0.2) is 23.9 Å². The van der Waals surface area contributed by atoms with Crippen LogP contribution in [0.3, 0.4) is 0 Å². The van der Waals surface area contributed by atoms with E-state index in [2.05, 4.69) is 22.3 Å². The predicted molar refractivity (Wildman–Crippen MR) is 103 cm³/mol. The lowest BCUT2D eigenvalue weighted by Gasteiger charge is -2.26. The van der Waals surface area contributed by atoms with Crippen molar-refractivity contribution in [3.63, 3.8) is 0 Å². The van der Waals surface area contributed by atoms with Crippen LogP contribution < -0.4 is 5.32 Å². The molecule has 0 atom stereocenters. The van der Waals surface area contributed by atoms with Gasteiger partial charge < -0.3 is 5.32 Å². The van der Waals surface area contributed by atoms with E-state index in [0.717, 1.165) is 25.2 Å². The van der Waals surface area contributed by atoms with E-state index in [1.54, 1.807) is 12.1 Å². The van der Waals surface area contributed by atoms with Crippen LogP contribution in [0.25, 0.3) is 0 Å². The van der Waals surface area contributed by atoms with Gasteiger partial charge in [0.25, 0.3) is 0 Å². The first-order valence-electron chi connectivity index (χ1n) is 9.11. The predicted octanol–water partition coefficient (Wildman–Crippen LogP) is 4.32. The van der Waals surface area contributed by atoms with Gasteiger partial charge in [-0.2, -0.15) is 0 Å². The van der Waals surface area contributed by atoms with Crippen molar-refractivity contribution in [1.29, 1.82) is 0 Å². The molecule has 1 saturated heterocycles. The number of hydrogen-bond donors (Lipinski definition) is 1. The third-order valence-corrected chi connectivity index (χ3v) is 4.94. The Labute approximate surface area is 159 Å². The van der Waals surface area contributed by atoms with E-state index in [1.807, 2.05) is 12.1 Å². The molecule has 1 heterocycles. The summed E-state index contributed by atoms with van der Waals surface area (Å²) in [7, 11) is 0. The van der Waals surface area contributed by atoms with Gasteiger partial charge in [-0.05, 0) is 54.8 Å². The highest BCUT2D eigenvalue weighted by Gasteiger charge is 2.11. The van der Waals surface area contributed by atoms with E-state index in [1.165, 1.54) is 30.9 Å². The summed E-state index contributed by atoms with van der Waals surface area (Å²) in [6.45, 7) is 3.72. The summed E-state index contributed by atoms with van der Waals surface area (Å²) in [6, 6.07) is 12.7. The third-order valence-electron chi connectivity index (χ3n) is 4.70. The van der Waals surface area contributed by atoms with Crippen molar-refractivity contribution in [2.24, 2.45) is 0 Å². The average molecular weight is 375 g/mol. The van der Waals surface area contributed by atoms with Gasteiger partial charge in [0.15, 0.2) is 0 Å².